The minimum Gasteiger partial charge on any atom is -0.395 e. The molecule has 0 aromatic carbocycles. The summed E-state index contributed by atoms with van der Waals surface area (Å²) in [4.78, 5) is 2.46. The third-order valence-electron chi connectivity index (χ3n) is 3.43. The highest BCUT2D eigenvalue weighted by Gasteiger charge is 2.31. The third kappa shape index (κ3) is 2.96. The Morgan fingerprint density at radius 1 is 1.29 bits per heavy atom. The summed E-state index contributed by atoms with van der Waals surface area (Å²) in [5.41, 5.74) is 0.190. The zero-order valence-electron chi connectivity index (χ0n) is 10.1. The van der Waals surface area contributed by atoms with E-state index in [9.17, 15) is 5.11 Å². The Kier molecular flexibility index (Phi) is 3.96. The molecule has 84 valence electrons. The van der Waals surface area contributed by atoms with Gasteiger partial charge in [0.05, 0.1) is 6.61 Å². The van der Waals surface area contributed by atoms with Crippen molar-refractivity contribution in [1.29, 1.82) is 0 Å². The molecule has 0 bridgehead atoms. The van der Waals surface area contributed by atoms with Gasteiger partial charge in [0.2, 0.25) is 0 Å². The number of piperidine rings is 1. The lowest BCUT2D eigenvalue weighted by Crippen LogP contribution is -2.49. The summed E-state index contributed by atoms with van der Waals surface area (Å²) in [7, 11) is 0. The molecule has 0 spiro atoms. The van der Waals surface area contributed by atoms with Gasteiger partial charge in [0.1, 0.15) is 0 Å². The number of likely N-dealkylation sites (tertiary alicyclic amines) is 1. The first kappa shape index (κ1) is 12.0. The van der Waals surface area contributed by atoms with E-state index in [1.54, 1.807) is 0 Å². The Morgan fingerprint density at radius 2 is 1.79 bits per heavy atom. The van der Waals surface area contributed by atoms with Gasteiger partial charge in [-0.15, -0.1) is 0 Å². The highest BCUT2D eigenvalue weighted by molar-refractivity contribution is 4.85. The van der Waals surface area contributed by atoms with Gasteiger partial charge in [-0.2, -0.15) is 0 Å². The first-order valence-electron chi connectivity index (χ1n) is 5.80. The Morgan fingerprint density at radius 3 is 2.14 bits per heavy atom. The average Bonchev–Trinajstić information content (AvgIpc) is 2.07. The van der Waals surface area contributed by atoms with Gasteiger partial charge in [0.15, 0.2) is 0 Å². The molecule has 14 heavy (non-hydrogen) atoms. The quantitative estimate of drug-likeness (QED) is 0.736. The van der Waals surface area contributed by atoms with Gasteiger partial charge in [0.25, 0.3) is 0 Å². The van der Waals surface area contributed by atoms with E-state index in [4.69, 9.17) is 0 Å². The van der Waals surface area contributed by atoms with Crippen LogP contribution in [0.15, 0.2) is 0 Å². The van der Waals surface area contributed by atoms with Crippen LogP contribution >= 0.6 is 0 Å². The molecule has 1 fully saturated rings. The SMILES string of the molecule is CC1CCN(C(CO)C(C)(C)C)CC1. The van der Waals surface area contributed by atoms with E-state index in [-0.39, 0.29) is 12.0 Å². The smallest absolute Gasteiger partial charge is 0.0591 e. The van der Waals surface area contributed by atoms with Crippen LogP contribution in [0.2, 0.25) is 0 Å². The van der Waals surface area contributed by atoms with Crippen LogP contribution in [0.5, 0.6) is 0 Å². The van der Waals surface area contributed by atoms with E-state index in [1.165, 1.54) is 12.8 Å². The van der Waals surface area contributed by atoms with Crippen LogP contribution in [0.1, 0.15) is 40.5 Å². The van der Waals surface area contributed by atoms with E-state index in [2.05, 4.69) is 32.6 Å². The van der Waals surface area contributed by atoms with E-state index < -0.39 is 0 Å². The van der Waals surface area contributed by atoms with Gasteiger partial charge in [-0.25, -0.2) is 0 Å². The molecule has 0 radical (unpaired) electrons. The Labute approximate surface area is 88.3 Å². The van der Waals surface area contributed by atoms with Gasteiger partial charge in [-0.05, 0) is 37.3 Å². The summed E-state index contributed by atoms with van der Waals surface area (Å²) in [5, 5.41) is 9.44. The Balaban J connectivity index is 2.54. The van der Waals surface area contributed by atoms with Crippen molar-refractivity contribution in [1.82, 2.24) is 4.90 Å². The summed E-state index contributed by atoms with van der Waals surface area (Å²) >= 11 is 0. The lowest BCUT2D eigenvalue weighted by Gasteiger charge is -2.42. The van der Waals surface area contributed by atoms with E-state index in [0.717, 1.165) is 19.0 Å². The summed E-state index contributed by atoms with van der Waals surface area (Å²) in [6, 6.07) is 0.329. The second kappa shape index (κ2) is 4.63. The summed E-state index contributed by atoms with van der Waals surface area (Å²) in [5.74, 6) is 0.866. The number of aliphatic hydroxyl groups excluding tert-OH is 1. The van der Waals surface area contributed by atoms with Crippen molar-refractivity contribution in [3.63, 3.8) is 0 Å². The first-order chi connectivity index (χ1) is 6.45. The Bertz CT molecular complexity index is 166. The number of aliphatic hydroxyl groups is 1. The maximum atomic E-state index is 9.44. The Hall–Kier alpha value is -0.0800. The highest BCUT2D eigenvalue weighted by Crippen LogP contribution is 2.27. The molecule has 1 saturated heterocycles. The van der Waals surface area contributed by atoms with Crippen LogP contribution in [-0.4, -0.2) is 35.7 Å². The molecular weight excluding hydrogens is 174 g/mol. The predicted molar refractivity (Wildman–Crippen MR) is 60.3 cm³/mol. The predicted octanol–water partition coefficient (Wildman–Crippen LogP) is 2.13. The van der Waals surface area contributed by atoms with Gasteiger partial charge >= 0.3 is 0 Å². The van der Waals surface area contributed by atoms with Crippen LogP contribution in [0, 0.1) is 11.3 Å². The van der Waals surface area contributed by atoms with Crippen molar-refractivity contribution in [3.05, 3.63) is 0 Å². The summed E-state index contributed by atoms with van der Waals surface area (Å²) in [6.07, 6.45) is 2.57. The fourth-order valence-electron chi connectivity index (χ4n) is 2.28. The van der Waals surface area contributed by atoms with Gasteiger partial charge in [-0.1, -0.05) is 27.7 Å². The van der Waals surface area contributed by atoms with E-state index in [0.29, 0.717) is 6.04 Å². The number of hydrogen-bond donors (Lipinski definition) is 1. The molecule has 1 N–H and O–H groups in total. The lowest BCUT2D eigenvalue weighted by molar-refractivity contribution is 0.0267. The zero-order chi connectivity index (χ0) is 10.8. The van der Waals surface area contributed by atoms with Crippen molar-refractivity contribution in [2.45, 2.75) is 46.6 Å². The van der Waals surface area contributed by atoms with Gasteiger partial charge < -0.3 is 5.11 Å². The van der Waals surface area contributed by atoms with Crippen LogP contribution in [0.25, 0.3) is 0 Å². The summed E-state index contributed by atoms with van der Waals surface area (Å²) < 4.78 is 0. The number of rotatable bonds is 2. The van der Waals surface area contributed by atoms with Gasteiger partial charge in [-0.3, -0.25) is 4.90 Å². The van der Waals surface area contributed by atoms with Crippen molar-refractivity contribution < 1.29 is 5.11 Å². The van der Waals surface area contributed by atoms with Crippen LogP contribution in [0.3, 0.4) is 0 Å². The third-order valence-corrected chi connectivity index (χ3v) is 3.43. The average molecular weight is 199 g/mol. The second-order valence-corrected chi connectivity index (χ2v) is 5.78. The van der Waals surface area contributed by atoms with E-state index in [1.807, 2.05) is 0 Å². The zero-order valence-corrected chi connectivity index (χ0v) is 10.1. The number of hydrogen-bond acceptors (Lipinski definition) is 2. The highest BCUT2D eigenvalue weighted by atomic mass is 16.3. The standard InChI is InChI=1S/C12H25NO/c1-10-5-7-13(8-6-10)11(9-14)12(2,3)4/h10-11,14H,5-9H2,1-4H3. The van der Waals surface area contributed by atoms with E-state index >= 15 is 0 Å². The minimum absolute atomic E-state index is 0.190. The first-order valence-corrected chi connectivity index (χ1v) is 5.80. The molecule has 0 aromatic heterocycles. The van der Waals surface area contributed by atoms with Gasteiger partial charge in [0, 0.05) is 6.04 Å². The normalized spacial score (nSPS) is 23.8. The van der Waals surface area contributed by atoms with Crippen LogP contribution in [-0.2, 0) is 0 Å². The molecule has 0 amide bonds. The molecule has 1 aliphatic rings. The molecule has 1 unspecified atom stereocenters. The topological polar surface area (TPSA) is 23.5 Å². The molecule has 2 nitrogen and oxygen atoms in total. The van der Waals surface area contributed by atoms with Crippen molar-refractivity contribution in [2.24, 2.45) is 11.3 Å². The molecular formula is C12H25NO. The minimum atomic E-state index is 0.190. The number of nitrogens with zero attached hydrogens (tertiary/aromatic N) is 1. The van der Waals surface area contributed by atoms with Crippen molar-refractivity contribution >= 4 is 0 Å². The van der Waals surface area contributed by atoms with Crippen LogP contribution < -0.4 is 0 Å². The van der Waals surface area contributed by atoms with Crippen molar-refractivity contribution in [2.75, 3.05) is 19.7 Å². The molecule has 0 saturated carbocycles. The molecule has 0 aliphatic carbocycles. The molecule has 1 aliphatic heterocycles. The molecule has 1 atom stereocenters. The van der Waals surface area contributed by atoms with Crippen molar-refractivity contribution in [3.8, 4) is 0 Å². The fourth-order valence-corrected chi connectivity index (χ4v) is 2.28. The molecule has 0 aromatic rings. The lowest BCUT2D eigenvalue weighted by atomic mass is 9.84. The van der Waals surface area contributed by atoms with Crippen LogP contribution in [0.4, 0.5) is 0 Å². The molecule has 2 heteroatoms. The molecule has 1 rings (SSSR count). The molecule has 1 heterocycles. The summed E-state index contributed by atoms with van der Waals surface area (Å²) in [6.45, 7) is 11.6. The largest absolute Gasteiger partial charge is 0.395 e. The maximum Gasteiger partial charge on any atom is 0.0591 e. The monoisotopic (exact) mass is 199 g/mol. The second-order valence-electron chi connectivity index (χ2n) is 5.78. The maximum absolute atomic E-state index is 9.44. The fraction of sp³-hybridized carbons (Fsp3) is 1.00.